The number of nitrogens with zero attached hydrogens (tertiary/aromatic N) is 3. The van der Waals surface area contributed by atoms with Crippen LogP contribution in [0.3, 0.4) is 0 Å². The maximum Gasteiger partial charge on any atom is 0.270 e. The fraction of sp³-hybridized carbons (Fsp3) is 0.219. The Morgan fingerprint density at radius 3 is 2.41 bits per heavy atom. The van der Waals surface area contributed by atoms with E-state index < -0.39 is 0 Å². The van der Waals surface area contributed by atoms with Crippen molar-refractivity contribution in [3.05, 3.63) is 112 Å². The lowest BCUT2D eigenvalue weighted by Crippen LogP contribution is -2.29. The van der Waals surface area contributed by atoms with Crippen molar-refractivity contribution in [2.75, 3.05) is 37.0 Å². The van der Waals surface area contributed by atoms with E-state index in [2.05, 4.69) is 15.2 Å². The molecule has 0 spiro atoms. The van der Waals surface area contributed by atoms with Crippen LogP contribution in [0.25, 0.3) is 0 Å². The van der Waals surface area contributed by atoms with E-state index in [1.165, 1.54) is 24.2 Å². The van der Waals surface area contributed by atoms with Gasteiger partial charge < -0.3 is 15.0 Å². The quantitative estimate of drug-likeness (QED) is 0.148. The van der Waals surface area contributed by atoms with Crippen molar-refractivity contribution >= 4 is 51.1 Å². The topological polar surface area (TPSA) is 74.8 Å². The molecule has 1 fully saturated rings. The van der Waals surface area contributed by atoms with E-state index in [1.807, 2.05) is 54.6 Å². The molecule has 210 valence electrons. The number of benzene rings is 3. The Kier molecular flexibility index (Phi) is 9.46. The number of halogens is 1. The third-order valence-corrected chi connectivity index (χ3v) is 8.00. The molecule has 1 aliphatic rings. The first-order valence-corrected chi connectivity index (χ1v) is 14.6. The van der Waals surface area contributed by atoms with Crippen molar-refractivity contribution in [3.8, 4) is 5.75 Å². The van der Waals surface area contributed by atoms with Crippen molar-refractivity contribution < 1.29 is 14.3 Å². The van der Waals surface area contributed by atoms with Gasteiger partial charge in [-0.2, -0.15) is 0 Å². The molecular weight excluding hydrogens is 556 g/mol. The molecule has 1 N–H and O–H groups in total. The van der Waals surface area contributed by atoms with Gasteiger partial charge in [0.2, 0.25) is 0 Å². The summed E-state index contributed by atoms with van der Waals surface area (Å²) in [5.74, 6) is 0.565. The summed E-state index contributed by atoms with van der Waals surface area (Å²) in [6.45, 7) is 3.38. The highest BCUT2D eigenvalue weighted by molar-refractivity contribution is 7.17. The van der Waals surface area contributed by atoms with Crippen LogP contribution in [0.2, 0.25) is 5.02 Å². The van der Waals surface area contributed by atoms with Gasteiger partial charge in [-0.3, -0.25) is 14.5 Å². The third-order valence-electron chi connectivity index (χ3n) is 6.85. The zero-order chi connectivity index (χ0) is 28.6. The Morgan fingerprint density at radius 2 is 1.73 bits per heavy atom. The smallest absolute Gasteiger partial charge is 0.270 e. The van der Waals surface area contributed by atoms with Gasteiger partial charge in [0.15, 0.2) is 10.9 Å². The van der Waals surface area contributed by atoms with Crippen LogP contribution >= 0.6 is 22.9 Å². The van der Waals surface area contributed by atoms with Gasteiger partial charge in [-0.05, 0) is 98.2 Å². The summed E-state index contributed by atoms with van der Waals surface area (Å²) < 4.78 is 5.26. The molecule has 1 saturated heterocycles. The van der Waals surface area contributed by atoms with E-state index in [9.17, 15) is 9.59 Å². The minimum absolute atomic E-state index is 0.0166. The zero-order valence-electron chi connectivity index (χ0n) is 22.8. The number of hydrogen-bond acceptors (Lipinski definition) is 7. The van der Waals surface area contributed by atoms with E-state index in [0.717, 1.165) is 42.3 Å². The second kappa shape index (κ2) is 13.6. The van der Waals surface area contributed by atoms with Gasteiger partial charge in [0.25, 0.3) is 5.91 Å². The minimum atomic E-state index is -0.171. The molecule has 3 aromatic carbocycles. The van der Waals surface area contributed by atoms with E-state index in [1.54, 1.807) is 48.5 Å². The summed E-state index contributed by atoms with van der Waals surface area (Å²) in [6, 6.07) is 22.1. The first-order chi connectivity index (χ1) is 20.0. The molecule has 41 heavy (non-hydrogen) atoms. The number of amides is 1. The molecule has 0 atom stereocenters. The van der Waals surface area contributed by atoms with Crippen LogP contribution in [0.4, 0.5) is 16.5 Å². The molecule has 0 aliphatic carbocycles. The molecule has 2 heterocycles. The Bertz CT molecular complexity index is 1500. The lowest BCUT2D eigenvalue weighted by Gasteiger charge is -2.22. The first-order valence-electron chi connectivity index (χ1n) is 13.4. The number of anilines is 3. The minimum Gasteiger partial charge on any atom is -0.497 e. The Labute approximate surface area is 249 Å². The van der Waals surface area contributed by atoms with Gasteiger partial charge in [-0.15, -0.1) is 0 Å². The molecule has 9 heteroatoms. The third kappa shape index (κ3) is 7.61. The number of rotatable bonds is 11. The fourth-order valence-corrected chi connectivity index (χ4v) is 5.50. The molecule has 0 saturated carbocycles. The van der Waals surface area contributed by atoms with Gasteiger partial charge in [0.05, 0.1) is 19.9 Å². The highest BCUT2D eigenvalue weighted by Gasteiger charge is 2.21. The van der Waals surface area contributed by atoms with Crippen LogP contribution in [0.5, 0.6) is 5.75 Å². The van der Waals surface area contributed by atoms with Crippen LogP contribution in [-0.4, -0.2) is 48.3 Å². The van der Waals surface area contributed by atoms with E-state index in [-0.39, 0.29) is 11.7 Å². The van der Waals surface area contributed by atoms with Crippen molar-refractivity contribution in [3.63, 3.8) is 0 Å². The van der Waals surface area contributed by atoms with Crippen LogP contribution in [0, 0.1) is 0 Å². The van der Waals surface area contributed by atoms with Gasteiger partial charge in [0, 0.05) is 28.5 Å². The average molecular weight is 587 g/mol. The number of carbonyl (C=O) groups excluding carboxylic acids is 2. The molecule has 5 rings (SSSR count). The normalized spacial score (nSPS) is 13.4. The van der Waals surface area contributed by atoms with Crippen LogP contribution < -0.4 is 15.0 Å². The number of hydrogen-bond donors (Lipinski definition) is 1. The molecule has 1 aliphatic heterocycles. The zero-order valence-corrected chi connectivity index (χ0v) is 24.3. The summed E-state index contributed by atoms with van der Waals surface area (Å²) in [6.07, 6.45) is 7.63. The van der Waals surface area contributed by atoms with Crippen molar-refractivity contribution in [1.29, 1.82) is 0 Å². The SMILES string of the molecule is COc1ccc(CN(C(=O)c2cnc(Nc3ccc(C(=O)C=CCN4CCCC4)cc3)s2)c2ccc(Cl)cc2)cc1. The number of methoxy groups -OCH3 is 1. The number of thiazole rings is 1. The summed E-state index contributed by atoms with van der Waals surface area (Å²) in [4.78, 5) is 35.2. The molecular formula is C32H31ClN4O3S. The van der Waals surface area contributed by atoms with Gasteiger partial charge in [0.1, 0.15) is 10.6 Å². The van der Waals surface area contributed by atoms with Crippen molar-refractivity contribution in [2.24, 2.45) is 0 Å². The second-order valence-corrected chi connectivity index (χ2v) is 11.2. The monoisotopic (exact) mass is 586 g/mol. The fourth-order valence-electron chi connectivity index (χ4n) is 4.59. The van der Waals surface area contributed by atoms with Gasteiger partial charge >= 0.3 is 0 Å². The summed E-state index contributed by atoms with van der Waals surface area (Å²) in [7, 11) is 1.62. The molecule has 7 nitrogen and oxygen atoms in total. The molecule has 0 bridgehead atoms. The molecule has 0 radical (unpaired) electrons. The standard InChI is InChI=1S/C32H31ClN4O3S/c1-40-28-16-6-23(7-17-28)22-37(27-14-10-25(33)11-15-27)31(39)30-21-34-32(41-30)35-26-12-8-24(9-13-26)29(38)5-4-20-36-18-2-3-19-36/h4-17,21H,2-3,18-20,22H2,1H3,(H,34,35). The number of likely N-dealkylation sites (tertiary alicyclic amines) is 1. The number of ether oxygens (including phenoxy) is 1. The van der Waals surface area contributed by atoms with E-state index in [0.29, 0.717) is 27.1 Å². The Balaban J connectivity index is 1.25. The summed E-state index contributed by atoms with van der Waals surface area (Å²) in [5, 5.41) is 4.42. The van der Waals surface area contributed by atoms with Crippen LogP contribution in [0.15, 0.2) is 91.1 Å². The molecule has 1 amide bonds. The summed E-state index contributed by atoms with van der Waals surface area (Å²) in [5.41, 5.74) is 3.09. The van der Waals surface area contributed by atoms with Crippen molar-refractivity contribution in [2.45, 2.75) is 19.4 Å². The average Bonchev–Trinajstić information content (AvgIpc) is 3.69. The van der Waals surface area contributed by atoms with E-state index >= 15 is 0 Å². The first kappa shape index (κ1) is 28.5. The molecule has 4 aromatic rings. The predicted octanol–water partition coefficient (Wildman–Crippen LogP) is 7.23. The Hall–Kier alpha value is -3.98. The highest BCUT2D eigenvalue weighted by Crippen LogP contribution is 2.28. The van der Waals surface area contributed by atoms with Gasteiger partial charge in [-0.25, -0.2) is 4.98 Å². The molecule has 1 aromatic heterocycles. The number of nitrogens with one attached hydrogen (secondary N) is 1. The van der Waals surface area contributed by atoms with Gasteiger partial charge in [-0.1, -0.05) is 41.1 Å². The lowest BCUT2D eigenvalue weighted by atomic mass is 10.1. The molecule has 0 unspecified atom stereocenters. The van der Waals surface area contributed by atoms with Crippen molar-refractivity contribution in [1.82, 2.24) is 9.88 Å². The number of ketones is 1. The van der Waals surface area contributed by atoms with Crippen LogP contribution in [0.1, 0.15) is 38.4 Å². The van der Waals surface area contributed by atoms with Crippen LogP contribution in [-0.2, 0) is 6.54 Å². The maximum atomic E-state index is 13.7. The number of carbonyl (C=O) groups is 2. The number of allylic oxidation sites excluding steroid dienone is 1. The number of aromatic nitrogens is 1. The highest BCUT2D eigenvalue weighted by atomic mass is 35.5. The predicted molar refractivity (Wildman–Crippen MR) is 166 cm³/mol. The second-order valence-electron chi connectivity index (χ2n) is 9.72. The lowest BCUT2D eigenvalue weighted by molar-refractivity contribution is 0.0987. The van der Waals surface area contributed by atoms with E-state index in [4.69, 9.17) is 16.3 Å². The largest absolute Gasteiger partial charge is 0.497 e. The Morgan fingerprint density at radius 1 is 1.02 bits per heavy atom. The summed E-state index contributed by atoms with van der Waals surface area (Å²) >= 11 is 7.37. The maximum absolute atomic E-state index is 13.7.